The standard InChI is InChI=1S/C29H37N5O2/c1-29(2,21-32(3)4)20-30-27(35)23-14-17-33(18-15-23)28(36)24-11-8-12-25(19-24)34-26(13-16-31-34)22-9-6-5-7-10-22/h5-13,16,19,23H,14-15,17-18,20-21H2,1-4H3,(H,30,35). The summed E-state index contributed by atoms with van der Waals surface area (Å²) < 4.78 is 1.86. The predicted octanol–water partition coefficient (Wildman–Crippen LogP) is 4.10. The Kier molecular flexibility index (Phi) is 7.89. The first-order valence-corrected chi connectivity index (χ1v) is 12.7. The Labute approximate surface area is 214 Å². The highest BCUT2D eigenvalue weighted by Crippen LogP contribution is 2.24. The minimum atomic E-state index is -0.0481. The lowest BCUT2D eigenvalue weighted by Gasteiger charge is -2.33. The van der Waals surface area contributed by atoms with Crippen molar-refractivity contribution in [3.05, 3.63) is 72.4 Å². The number of piperidine rings is 1. The van der Waals surface area contributed by atoms with Gasteiger partial charge in [-0.05, 0) is 56.6 Å². The SMILES string of the molecule is CN(C)CC(C)(C)CNC(=O)C1CCN(C(=O)c2cccc(-n3nccc3-c3ccccc3)c2)CC1. The Morgan fingerprint density at radius 1 is 1.03 bits per heavy atom. The molecule has 0 radical (unpaired) electrons. The maximum atomic E-state index is 13.3. The molecule has 1 aliphatic heterocycles. The summed E-state index contributed by atoms with van der Waals surface area (Å²) in [6, 6.07) is 19.7. The second-order valence-corrected chi connectivity index (χ2v) is 10.7. The molecule has 0 aliphatic carbocycles. The van der Waals surface area contributed by atoms with Crippen LogP contribution in [0.15, 0.2) is 66.9 Å². The van der Waals surface area contributed by atoms with E-state index in [1.165, 1.54) is 0 Å². The molecule has 7 nitrogen and oxygen atoms in total. The summed E-state index contributed by atoms with van der Waals surface area (Å²) in [5.74, 6) is 0.0485. The third kappa shape index (κ3) is 6.21. The Hall–Kier alpha value is -3.45. The van der Waals surface area contributed by atoms with Gasteiger partial charge < -0.3 is 15.1 Å². The van der Waals surface area contributed by atoms with Gasteiger partial charge in [-0.2, -0.15) is 5.10 Å². The Morgan fingerprint density at radius 2 is 1.75 bits per heavy atom. The van der Waals surface area contributed by atoms with Crippen LogP contribution >= 0.6 is 0 Å². The van der Waals surface area contributed by atoms with Gasteiger partial charge in [0.1, 0.15) is 0 Å². The number of amides is 2. The molecule has 2 aromatic carbocycles. The minimum absolute atomic E-state index is 0.00348. The van der Waals surface area contributed by atoms with Crippen LogP contribution in [0.1, 0.15) is 37.0 Å². The number of aromatic nitrogens is 2. The van der Waals surface area contributed by atoms with Gasteiger partial charge in [-0.15, -0.1) is 0 Å². The number of carbonyl (C=O) groups is 2. The van der Waals surface area contributed by atoms with Crippen LogP contribution in [0.25, 0.3) is 16.9 Å². The van der Waals surface area contributed by atoms with Crippen LogP contribution < -0.4 is 5.32 Å². The summed E-state index contributed by atoms with van der Waals surface area (Å²) in [6.45, 7) is 7.04. The molecule has 7 heteroatoms. The van der Waals surface area contributed by atoms with Gasteiger partial charge in [-0.3, -0.25) is 9.59 Å². The fraction of sp³-hybridized carbons (Fsp3) is 0.414. The van der Waals surface area contributed by atoms with Gasteiger partial charge in [0.05, 0.1) is 17.6 Å². The van der Waals surface area contributed by atoms with Gasteiger partial charge in [-0.25, -0.2) is 4.68 Å². The minimum Gasteiger partial charge on any atom is -0.355 e. The van der Waals surface area contributed by atoms with Gasteiger partial charge in [0, 0.05) is 43.2 Å². The van der Waals surface area contributed by atoms with Crippen molar-refractivity contribution in [3.63, 3.8) is 0 Å². The zero-order valence-corrected chi connectivity index (χ0v) is 21.8. The summed E-state index contributed by atoms with van der Waals surface area (Å²) in [5, 5.41) is 7.64. The molecule has 0 unspecified atom stereocenters. The van der Waals surface area contributed by atoms with Crippen molar-refractivity contribution in [2.75, 3.05) is 40.3 Å². The molecule has 2 heterocycles. The van der Waals surface area contributed by atoms with E-state index < -0.39 is 0 Å². The van der Waals surface area contributed by atoms with Crippen molar-refractivity contribution in [2.24, 2.45) is 11.3 Å². The van der Waals surface area contributed by atoms with Crippen LogP contribution in [0.5, 0.6) is 0 Å². The molecular formula is C29H37N5O2. The van der Waals surface area contributed by atoms with E-state index in [-0.39, 0.29) is 23.1 Å². The van der Waals surface area contributed by atoms with Crippen LogP contribution in [-0.4, -0.2) is 71.7 Å². The van der Waals surface area contributed by atoms with Crippen molar-refractivity contribution >= 4 is 11.8 Å². The van der Waals surface area contributed by atoms with E-state index >= 15 is 0 Å². The number of carbonyl (C=O) groups excluding carboxylic acids is 2. The van der Waals surface area contributed by atoms with Crippen molar-refractivity contribution in [1.29, 1.82) is 0 Å². The third-order valence-corrected chi connectivity index (χ3v) is 6.69. The first kappa shape index (κ1) is 25.6. The molecule has 0 saturated carbocycles. The predicted molar refractivity (Wildman–Crippen MR) is 143 cm³/mol. The molecular weight excluding hydrogens is 450 g/mol. The van der Waals surface area contributed by atoms with E-state index in [1.807, 2.05) is 84.3 Å². The molecule has 2 amide bonds. The lowest BCUT2D eigenvalue weighted by molar-refractivity contribution is -0.126. The number of hydrogen-bond acceptors (Lipinski definition) is 4. The zero-order chi connectivity index (χ0) is 25.7. The number of hydrogen-bond donors (Lipinski definition) is 1. The van der Waals surface area contributed by atoms with E-state index in [1.54, 1.807) is 6.20 Å². The fourth-order valence-corrected chi connectivity index (χ4v) is 5.02. The van der Waals surface area contributed by atoms with E-state index in [2.05, 4.69) is 29.2 Å². The van der Waals surface area contributed by atoms with Gasteiger partial charge in [0.15, 0.2) is 0 Å². The summed E-state index contributed by atoms with van der Waals surface area (Å²) in [5.41, 5.74) is 3.53. The van der Waals surface area contributed by atoms with Crippen LogP contribution in [0.4, 0.5) is 0 Å². The number of nitrogens with zero attached hydrogens (tertiary/aromatic N) is 4. The quantitative estimate of drug-likeness (QED) is 0.520. The van der Waals surface area contributed by atoms with E-state index in [4.69, 9.17) is 0 Å². The molecule has 0 spiro atoms. The zero-order valence-electron chi connectivity index (χ0n) is 21.8. The molecule has 36 heavy (non-hydrogen) atoms. The summed E-state index contributed by atoms with van der Waals surface area (Å²) >= 11 is 0. The van der Waals surface area contributed by atoms with Gasteiger partial charge in [0.25, 0.3) is 5.91 Å². The maximum absolute atomic E-state index is 13.3. The van der Waals surface area contributed by atoms with Crippen LogP contribution in [0.2, 0.25) is 0 Å². The molecule has 1 aliphatic rings. The van der Waals surface area contributed by atoms with E-state index in [9.17, 15) is 9.59 Å². The molecule has 1 fully saturated rings. The highest BCUT2D eigenvalue weighted by Gasteiger charge is 2.29. The lowest BCUT2D eigenvalue weighted by Crippen LogP contribution is -2.46. The van der Waals surface area contributed by atoms with Crippen molar-refractivity contribution < 1.29 is 9.59 Å². The molecule has 190 valence electrons. The summed E-state index contributed by atoms with van der Waals surface area (Å²) in [7, 11) is 4.09. The molecule has 0 atom stereocenters. The van der Waals surface area contributed by atoms with Crippen molar-refractivity contribution in [3.8, 4) is 16.9 Å². The smallest absolute Gasteiger partial charge is 0.253 e. The lowest BCUT2D eigenvalue weighted by atomic mass is 9.91. The van der Waals surface area contributed by atoms with Crippen LogP contribution in [-0.2, 0) is 4.79 Å². The molecule has 3 aromatic rings. The van der Waals surface area contributed by atoms with E-state index in [0.29, 0.717) is 38.0 Å². The summed E-state index contributed by atoms with van der Waals surface area (Å²) in [6.07, 6.45) is 3.14. The largest absolute Gasteiger partial charge is 0.355 e. The Bertz CT molecular complexity index is 1180. The fourth-order valence-electron chi connectivity index (χ4n) is 5.02. The summed E-state index contributed by atoms with van der Waals surface area (Å²) in [4.78, 5) is 30.1. The van der Waals surface area contributed by atoms with E-state index in [0.717, 1.165) is 23.5 Å². The first-order chi connectivity index (χ1) is 17.2. The monoisotopic (exact) mass is 487 g/mol. The van der Waals surface area contributed by atoms with Crippen molar-refractivity contribution in [1.82, 2.24) is 24.9 Å². The number of benzene rings is 2. The molecule has 4 rings (SSSR count). The number of likely N-dealkylation sites (tertiary alicyclic amines) is 1. The Morgan fingerprint density at radius 3 is 2.44 bits per heavy atom. The maximum Gasteiger partial charge on any atom is 0.253 e. The topological polar surface area (TPSA) is 70.5 Å². The van der Waals surface area contributed by atoms with Gasteiger partial charge in [0.2, 0.25) is 5.91 Å². The average Bonchev–Trinajstić information content (AvgIpc) is 3.37. The highest BCUT2D eigenvalue weighted by molar-refractivity contribution is 5.95. The molecule has 0 bridgehead atoms. The first-order valence-electron chi connectivity index (χ1n) is 12.7. The average molecular weight is 488 g/mol. The molecule has 1 saturated heterocycles. The van der Waals surface area contributed by atoms with Crippen LogP contribution in [0.3, 0.4) is 0 Å². The highest BCUT2D eigenvalue weighted by atomic mass is 16.2. The molecule has 1 aromatic heterocycles. The number of rotatable bonds is 8. The van der Waals surface area contributed by atoms with Gasteiger partial charge >= 0.3 is 0 Å². The van der Waals surface area contributed by atoms with Crippen molar-refractivity contribution in [2.45, 2.75) is 26.7 Å². The second kappa shape index (κ2) is 11.1. The number of nitrogens with one attached hydrogen (secondary N) is 1. The van der Waals surface area contributed by atoms with Gasteiger partial charge in [-0.1, -0.05) is 50.2 Å². The Balaban J connectivity index is 1.37. The third-order valence-electron chi connectivity index (χ3n) is 6.69. The second-order valence-electron chi connectivity index (χ2n) is 10.7. The molecule has 1 N–H and O–H groups in total. The normalized spacial score (nSPS) is 14.8. The van der Waals surface area contributed by atoms with Crippen LogP contribution in [0, 0.1) is 11.3 Å².